The van der Waals surface area contributed by atoms with Crippen LogP contribution >= 0.6 is 7.37 Å². The molecule has 0 aliphatic rings. The molecule has 2 N–H and O–H groups in total. The quantitative estimate of drug-likeness (QED) is 0.391. The molecule has 2 aromatic heterocycles. The molecule has 0 fully saturated rings. The monoisotopic (exact) mass is 417 g/mol. The summed E-state index contributed by atoms with van der Waals surface area (Å²) in [6.45, 7) is 7.16. The summed E-state index contributed by atoms with van der Waals surface area (Å²) in [6, 6.07) is 8.23. The van der Waals surface area contributed by atoms with Crippen LogP contribution in [0.15, 0.2) is 30.6 Å². The molecular formula is C20H28N5O3P. The number of fused-ring (bicyclic) bond motifs is 1. The maximum Gasteiger partial charge on any atom is 0.320 e. The van der Waals surface area contributed by atoms with Crippen LogP contribution in [0.4, 0.5) is 5.82 Å². The largest absolute Gasteiger partial charge is 0.463 e. The number of imidazole rings is 1. The van der Waals surface area contributed by atoms with Crippen LogP contribution in [0.1, 0.15) is 37.8 Å². The first-order valence-corrected chi connectivity index (χ1v) is 12.1. The molecule has 0 bridgehead atoms. The molecule has 0 radical (unpaired) electrons. The predicted octanol–water partition coefficient (Wildman–Crippen LogP) is 4.08. The Kier molecular flexibility index (Phi) is 6.87. The molecule has 3 aromatic rings. The van der Waals surface area contributed by atoms with Crippen molar-refractivity contribution in [1.82, 2.24) is 19.5 Å². The predicted molar refractivity (Wildman–Crippen MR) is 115 cm³/mol. The van der Waals surface area contributed by atoms with Gasteiger partial charge in [-0.05, 0) is 24.5 Å². The van der Waals surface area contributed by atoms with E-state index in [0.29, 0.717) is 42.9 Å². The number of nitrogens with zero attached hydrogens (tertiary/aromatic N) is 4. The van der Waals surface area contributed by atoms with E-state index < -0.39 is 7.37 Å². The van der Waals surface area contributed by atoms with E-state index in [-0.39, 0.29) is 6.01 Å². The van der Waals surface area contributed by atoms with E-state index in [1.165, 1.54) is 0 Å². The van der Waals surface area contributed by atoms with Crippen LogP contribution in [0, 0.1) is 0 Å². The number of rotatable bonds is 10. The third kappa shape index (κ3) is 5.55. The number of ether oxygens (including phenoxy) is 1. The molecule has 0 spiro atoms. The number of benzene rings is 1. The van der Waals surface area contributed by atoms with Crippen molar-refractivity contribution in [3.63, 3.8) is 0 Å². The summed E-state index contributed by atoms with van der Waals surface area (Å²) in [5.41, 5.74) is 9.24. The molecular weight excluding hydrogens is 389 g/mol. The number of aromatic nitrogens is 4. The summed E-state index contributed by atoms with van der Waals surface area (Å²) in [4.78, 5) is 13.0. The first-order valence-electron chi connectivity index (χ1n) is 9.82. The van der Waals surface area contributed by atoms with Gasteiger partial charge in [-0.2, -0.15) is 9.97 Å². The molecule has 8 nitrogen and oxygen atoms in total. The molecule has 3 rings (SSSR count). The van der Waals surface area contributed by atoms with Gasteiger partial charge >= 0.3 is 6.01 Å². The van der Waals surface area contributed by atoms with Gasteiger partial charge in [0.1, 0.15) is 0 Å². The smallest absolute Gasteiger partial charge is 0.320 e. The third-order valence-electron chi connectivity index (χ3n) is 4.42. The number of unbranched alkanes of at least 4 members (excludes halogenated alkanes) is 1. The van der Waals surface area contributed by atoms with Gasteiger partial charge in [0.05, 0.1) is 26.1 Å². The molecule has 9 heteroatoms. The Labute approximate surface area is 170 Å². The highest BCUT2D eigenvalue weighted by Crippen LogP contribution is 2.46. The van der Waals surface area contributed by atoms with Crippen molar-refractivity contribution in [2.75, 3.05) is 25.6 Å². The van der Waals surface area contributed by atoms with E-state index in [1.807, 2.05) is 35.8 Å². The Bertz CT molecular complexity index is 1020. The Morgan fingerprint density at radius 3 is 2.76 bits per heavy atom. The van der Waals surface area contributed by atoms with Crippen LogP contribution in [0.5, 0.6) is 6.01 Å². The Hall–Kier alpha value is -2.44. The average Bonchev–Trinajstić information content (AvgIpc) is 3.05. The summed E-state index contributed by atoms with van der Waals surface area (Å²) in [7, 11) is -2.64. The SMILES string of the molecule is CCCCOc1nc(N)c2ncn(Cc3cccc(CP(C)(=O)OCC)c3)c2n1. The fourth-order valence-corrected chi connectivity index (χ4v) is 4.60. The highest BCUT2D eigenvalue weighted by molar-refractivity contribution is 7.57. The van der Waals surface area contributed by atoms with Crippen molar-refractivity contribution in [3.8, 4) is 6.01 Å². The second-order valence-corrected chi connectivity index (χ2v) is 9.65. The topological polar surface area (TPSA) is 105 Å². The van der Waals surface area contributed by atoms with Gasteiger partial charge in [0.15, 0.2) is 17.0 Å². The number of hydrogen-bond donors (Lipinski definition) is 1. The van der Waals surface area contributed by atoms with Crippen LogP contribution < -0.4 is 10.5 Å². The van der Waals surface area contributed by atoms with E-state index >= 15 is 0 Å². The van der Waals surface area contributed by atoms with Gasteiger partial charge in [0, 0.05) is 12.8 Å². The van der Waals surface area contributed by atoms with E-state index in [0.717, 1.165) is 24.0 Å². The highest BCUT2D eigenvalue weighted by atomic mass is 31.2. The molecule has 156 valence electrons. The average molecular weight is 417 g/mol. The summed E-state index contributed by atoms with van der Waals surface area (Å²) in [5.74, 6) is 0.303. The van der Waals surface area contributed by atoms with E-state index in [9.17, 15) is 4.57 Å². The second-order valence-electron chi connectivity index (χ2n) is 7.05. The molecule has 29 heavy (non-hydrogen) atoms. The zero-order chi connectivity index (χ0) is 20.9. The Morgan fingerprint density at radius 2 is 2.00 bits per heavy atom. The molecule has 0 aliphatic carbocycles. The lowest BCUT2D eigenvalue weighted by Gasteiger charge is -2.13. The molecule has 1 unspecified atom stereocenters. The summed E-state index contributed by atoms with van der Waals surface area (Å²) >= 11 is 0. The minimum Gasteiger partial charge on any atom is -0.463 e. The molecule has 0 saturated heterocycles. The molecule has 0 amide bonds. The van der Waals surface area contributed by atoms with Crippen molar-refractivity contribution in [2.24, 2.45) is 0 Å². The summed E-state index contributed by atoms with van der Waals surface area (Å²) in [5, 5.41) is 0. The fourth-order valence-electron chi connectivity index (χ4n) is 3.11. The van der Waals surface area contributed by atoms with Gasteiger partial charge in [-0.25, -0.2) is 4.98 Å². The van der Waals surface area contributed by atoms with Crippen molar-refractivity contribution in [1.29, 1.82) is 0 Å². The molecule has 0 aliphatic heterocycles. The third-order valence-corrected chi connectivity index (χ3v) is 6.16. The van der Waals surface area contributed by atoms with Crippen molar-refractivity contribution in [3.05, 3.63) is 41.7 Å². The maximum atomic E-state index is 12.5. The van der Waals surface area contributed by atoms with Crippen LogP contribution in [0.2, 0.25) is 0 Å². The first-order chi connectivity index (χ1) is 13.9. The standard InChI is InChI=1S/C20H28N5O3P/c1-4-6-10-27-20-23-18(21)17-19(24-20)25(14-22-17)12-15-8-7-9-16(11-15)13-29(3,26)28-5-2/h7-9,11,14H,4-6,10,12-13H2,1-3H3,(H2,21,23,24). The lowest BCUT2D eigenvalue weighted by atomic mass is 10.1. The first kappa shape index (κ1) is 21.3. The Morgan fingerprint density at radius 1 is 1.21 bits per heavy atom. The Balaban J connectivity index is 1.83. The lowest BCUT2D eigenvalue weighted by Crippen LogP contribution is -2.06. The second kappa shape index (κ2) is 9.37. The highest BCUT2D eigenvalue weighted by Gasteiger charge is 2.17. The molecule has 2 heterocycles. The lowest BCUT2D eigenvalue weighted by molar-refractivity contribution is 0.286. The van der Waals surface area contributed by atoms with Crippen molar-refractivity contribution >= 4 is 24.4 Å². The van der Waals surface area contributed by atoms with Gasteiger partial charge in [-0.3, -0.25) is 4.57 Å². The van der Waals surface area contributed by atoms with Crippen molar-refractivity contribution < 1.29 is 13.8 Å². The van der Waals surface area contributed by atoms with Gasteiger partial charge < -0.3 is 19.6 Å². The molecule has 0 saturated carbocycles. The number of nitrogens with two attached hydrogens (primary N) is 1. The summed E-state index contributed by atoms with van der Waals surface area (Å²) in [6.07, 6.45) is 4.06. The number of hydrogen-bond acceptors (Lipinski definition) is 7. The zero-order valence-corrected chi connectivity index (χ0v) is 18.1. The number of anilines is 1. The van der Waals surface area contributed by atoms with Gasteiger partial charge in [0.25, 0.3) is 0 Å². The number of nitrogen functional groups attached to an aromatic ring is 1. The minimum atomic E-state index is -2.64. The van der Waals surface area contributed by atoms with E-state index in [1.54, 1.807) is 13.0 Å². The fraction of sp³-hybridized carbons (Fsp3) is 0.450. The van der Waals surface area contributed by atoms with Crippen LogP contribution in [-0.2, 0) is 21.8 Å². The van der Waals surface area contributed by atoms with Crippen LogP contribution in [0.25, 0.3) is 11.2 Å². The van der Waals surface area contributed by atoms with Gasteiger partial charge in [0.2, 0.25) is 7.37 Å². The minimum absolute atomic E-state index is 0.266. The van der Waals surface area contributed by atoms with Crippen LogP contribution in [0.3, 0.4) is 0 Å². The normalized spacial score (nSPS) is 13.5. The zero-order valence-electron chi connectivity index (χ0n) is 17.2. The van der Waals surface area contributed by atoms with Gasteiger partial charge in [-0.1, -0.05) is 37.6 Å². The molecule has 1 aromatic carbocycles. The van der Waals surface area contributed by atoms with Crippen LogP contribution in [-0.4, -0.2) is 39.4 Å². The maximum absolute atomic E-state index is 12.5. The van der Waals surface area contributed by atoms with Gasteiger partial charge in [-0.15, -0.1) is 0 Å². The van der Waals surface area contributed by atoms with Crippen molar-refractivity contribution in [2.45, 2.75) is 39.4 Å². The summed E-state index contributed by atoms with van der Waals surface area (Å²) < 4.78 is 25.4. The van der Waals surface area contributed by atoms with E-state index in [4.69, 9.17) is 15.0 Å². The molecule has 1 atom stereocenters. The van der Waals surface area contributed by atoms with E-state index in [2.05, 4.69) is 21.9 Å².